The maximum absolute atomic E-state index is 14.0. The minimum atomic E-state index is -0.813. The lowest BCUT2D eigenvalue weighted by molar-refractivity contribution is 0.0595. The van der Waals surface area contributed by atoms with Gasteiger partial charge in [-0.15, -0.1) is 0 Å². The minimum absolute atomic E-state index is 0.0613. The van der Waals surface area contributed by atoms with Crippen molar-refractivity contribution in [2.24, 2.45) is 0 Å². The van der Waals surface area contributed by atoms with Gasteiger partial charge >= 0.3 is 5.97 Å². The van der Waals surface area contributed by atoms with Crippen molar-refractivity contribution in [1.29, 1.82) is 0 Å². The summed E-state index contributed by atoms with van der Waals surface area (Å²) in [6.45, 7) is 0.0613. The number of hydrogen-bond acceptors (Lipinski definition) is 4. The van der Waals surface area contributed by atoms with Crippen molar-refractivity contribution in [3.05, 3.63) is 47.0 Å². The molecular weight excluding hydrogens is 282 g/mol. The lowest BCUT2D eigenvalue weighted by Crippen LogP contribution is -2.10. The van der Waals surface area contributed by atoms with Crippen molar-refractivity contribution in [3.8, 4) is 22.6 Å². The third-order valence-electron chi connectivity index (χ3n) is 3.32. The summed E-state index contributed by atoms with van der Waals surface area (Å²) in [7, 11) is 1.15. The molecule has 1 heterocycles. The Morgan fingerprint density at radius 1 is 1.19 bits per heavy atom. The summed E-state index contributed by atoms with van der Waals surface area (Å²) in [4.78, 5) is 11.5. The van der Waals surface area contributed by atoms with Gasteiger partial charge in [0.2, 0.25) is 0 Å². The van der Waals surface area contributed by atoms with E-state index in [2.05, 4.69) is 4.74 Å². The molecule has 0 radical (unpaired) electrons. The first-order valence-corrected chi connectivity index (χ1v) is 6.07. The fourth-order valence-electron chi connectivity index (χ4n) is 2.28. The molecule has 1 N–H and O–H groups in total. The molecule has 0 saturated heterocycles. The van der Waals surface area contributed by atoms with Gasteiger partial charge in [0.25, 0.3) is 0 Å². The second-order valence-electron chi connectivity index (χ2n) is 4.57. The summed E-state index contributed by atoms with van der Waals surface area (Å²) in [5.74, 6) is -2.62. The first-order valence-electron chi connectivity index (χ1n) is 6.07. The Bertz CT molecular complexity index is 756. The van der Waals surface area contributed by atoms with Gasteiger partial charge in [-0.05, 0) is 29.8 Å². The van der Waals surface area contributed by atoms with Gasteiger partial charge in [-0.3, -0.25) is 0 Å². The number of hydrogen-bond donors (Lipinski definition) is 1. The highest BCUT2D eigenvalue weighted by Gasteiger charge is 2.24. The van der Waals surface area contributed by atoms with Gasteiger partial charge < -0.3 is 14.6 Å². The van der Waals surface area contributed by atoms with Crippen molar-refractivity contribution >= 4 is 5.97 Å². The number of halogens is 2. The molecule has 21 heavy (non-hydrogen) atoms. The summed E-state index contributed by atoms with van der Waals surface area (Å²) in [6, 6.07) is 4.69. The van der Waals surface area contributed by atoms with Gasteiger partial charge in [0.1, 0.15) is 18.2 Å². The average Bonchev–Trinajstić information content (AvgIpc) is 2.47. The normalized spacial score (nSPS) is 12.1. The molecule has 2 aromatic carbocycles. The lowest BCUT2D eigenvalue weighted by Gasteiger charge is -2.22. The van der Waals surface area contributed by atoms with Crippen LogP contribution in [-0.2, 0) is 11.3 Å². The molecule has 3 rings (SSSR count). The number of carbonyl (C=O) groups excluding carboxylic acids is 1. The molecule has 108 valence electrons. The Labute approximate surface area is 118 Å². The second kappa shape index (κ2) is 4.73. The van der Waals surface area contributed by atoms with E-state index in [1.807, 2.05) is 0 Å². The smallest absolute Gasteiger partial charge is 0.340 e. The van der Waals surface area contributed by atoms with Crippen molar-refractivity contribution in [2.45, 2.75) is 6.61 Å². The van der Waals surface area contributed by atoms with E-state index in [4.69, 9.17) is 4.74 Å². The molecular formula is C15H10F2O4. The zero-order valence-corrected chi connectivity index (χ0v) is 10.9. The van der Waals surface area contributed by atoms with Crippen LogP contribution in [0.3, 0.4) is 0 Å². The molecule has 2 aromatic rings. The average molecular weight is 292 g/mol. The number of phenolic OH excluding ortho intramolecular Hbond substituents is 1. The van der Waals surface area contributed by atoms with Gasteiger partial charge in [-0.2, -0.15) is 0 Å². The van der Waals surface area contributed by atoms with E-state index in [0.29, 0.717) is 16.7 Å². The maximum atomic E-state index is 14.0. The standard InChI is InChI=1S/C15H10F2O4/c1-20-15(19)10-5-14-9(3-11(10)16)8-4-13(18)12(17)2-7(8)6-21-14/h2-5,18H,6H2,1H3. The van der Waals surface area contributed by atoms with Gasteiger partial charge in [-0.1, -0.05) is 0 Å². The molecule has 0 amide bonds. The van der Waals surface area contributed by atoms with E-state index in [9.17, 15) is 18.7 Å². The fraction of sp³-hybridized carbons (Fsp3) is 0.133. The predicted octanol–water partition coefficient (Wildman–Crippen LogP) is 3.02. The van der Waals surface area contributed by atoms with Gasteiger partial charge in [0, 0.05) is 11.1 Å². The van der Waals surface area contributed by atoms with E-state index in [1.165, 1.54) is 12.1 Å². The van der Waals surface area contributed by atoms with Gasteiger partial charge in [0.05, 0.1) is 12.7 Å². The molecule has 0 saturated carbocycles. The van der Waals surface area contributed by atoms with Crippen LogP contribution in [0.25, 0.3) is 11.1 Å². The van der Waals surface area contributed by atoms with E-state index in [1.54, 1.807) is 0 Å². The molecule has 0 spiro atoms. The molecule has 0 bridgehead atoms. The van der Waals surface area contributed by atoms with Crippen molar-refractivity contribution < 1.29 is 28.2 Å². The quantitative estimate of drug-likeness (QED) is 0.821. The summed E-state index contributed by atoms with van der Waals surface area (Å²) in [5.41, 5.74) is 1.05. The van der Waals surface area contributed by atoms with Crippen LogP contribution in [0.5, 0.6) is 11.5 Å². The zero-order valence-electron chi connectivity index (χ0n) is 10.9. The highest BCUT2D eigenvalue weighted by atomic mass is 19.1. The Morgan fingerprint density at radius 3 is 2.67 bits per heavy atom. The van der Waals surface area contributed by atoms with Crippen LogP contribution in [0.15, 0.2) is 24.3 Å². The number of carbonyl (C=O) groups is 1. The van der Waals surface area contributed by atoms with Crippen molar-refractivity contribution in [2.75, 3.05) is 7.11 Å². The topological polar surface area (TPSA) is 55.8 Å². The number of ether oxygens (including phenoxy) is 2. The number of rotatable bonds is 1. The number of benzene rings is 2. The SMILES string of the molecule is COC(=O)c1cc2c(cc1F)-c1cc(O)c(F)cc1CO2. The Kier molecular flexibility index (Phi) is 3.01. The number of fused-ring (bicyclic) bond motifs is 3. The molecule has 1 aliphatic rings. The van der Waals surface area contributed by atoms with Crippen LogP contribution in [0.2, 0.25) is 0 Å². The third kappa shape index (κ3) is 2.08. The van der Waals surface area contributed by atoms with E-state index in [0.717, 1.165) is 19.2 Å². The molecule has 1 aliphatic heterocycles. The Balaban J connectivity index is 2.20. The number of aromatic hydroxyl groups is 1. The monoisotopic (exact) mass is 292 g/mol. The first-order chi connectivity index (χ1) is 10.0. The summed E-state index contributed by atoms with van der Waals surface area (Å²) >= 11 is 0. The van der Waals surface area contributed by atoms with Crippen LogP contribution in [0.1, 0.15) is 15.9 Å². The van der Waals surface area contributed by atoms with E-state index >= 15 is 0 Å². The molecule has 0 aliphatic carbocycles. The minimum Gasteiger partial charge on any atom is -0.505 e. The molecule has 0 fully saturated rings. The summed E-state index contributed by atoms with van der Waals surface area (Å²) in [5, 5.41) is 9.47. The maximum Gasteiger partial charge on any atom is 0.340 e. The number of methoxy groups -OCH3 is 1. The van der Waals surface area contributed by atoms with Crippen LogP contribution in [0.4, 0.5) is 8.78 Å². The highest BCUT2D eigenvalue weighted by molar-refractivity contribution is 5.92. The van der Waals surface area contributed by atoms with Crippen LogP contribution in [-0.4, -0.2) is 18.2 Å². The van der Waals surface area contributed by atoms with Crippen molar-refractivity contribution in [3.63, 3.8) is 0 Å². The molecule has 0 aromatic heterocycles. The van der Waals surface area contributed by atoms with Gasteiger partial charge in [-0.25, -0.2) is 13.6 Å². The number of esters is 1. The van der Waals surface area contributed by atoms with Crippen LogP contribution >= 0.6 is 0 Å². The lowest BCUT2D eigenvalue weighted by atomic mass is 9.95. The number of phenols is 1. The van der Waals surface area contributed by atoms with E-state index in [-0.39, 0.29) is 17.9 Å². The first kappa shape index (κ1) is 13.4. The summed E-state index contributed by atoms with van der Waals surface area (Å²) < 4.78 is 37.2. The fourth-order valence-corrected chi connectivity index (χ4v) is 2.28. The molecule has 0 atom stereocenters. The van der Waals surface area contributed by atoms with Gasteiger partial charge in [0.15, 0.2) is 11.6 Å². The van der Waals surface area contributed by atoms with Crippen LogP contribution < -0.4 is 4.74 Å². The zero-order chi connectivity index (χ0) is 15.1. The molecule has 0 unspecified atom stereocenters. The van der Waals surface area contributed by atoms with Crippen molar-refractivity contribution in [1.82, 2.24) is 0 Å². The largest absolute Gasteiger partial charge is 0.505 e. The third-order valence-corrected chi connectivity index (χ3v) is 3.32. The molecule has 6 heteroatoms. The Morgan fingerprint density at radius 2 is 1.95 bits per heavy atom. The Hall–Kier alpha value is -2.63. The van der Waals surface area contributed by atoms with Crippen LogP contribution in [0, 0.1) is 11.6 Å². The van der Waals surface area contributed by atoms with E-state index < -0.39 is 23.4 Å². The molecule has 4 nitrogen and oxygen atoms in total. The predicted molar refractivity (Wildman–Crippen MR) is 69.1 cm³/mol. The highest BCUT2D eigenvalue weighted by Crippen LogP contribution is 2.41. The summed E-state index contributed by atoms with van der Waals surface area (Å²) in [6.07, 6.45) is 0. The second-order valence-corrected chi connectivity index (χ2v) is 4.57.